The minimum atomic E-state index is -0.273. The van der Waals surface area contributed by atoms with Gasteiger partial charge in [0.15, 0.2) is 11.5 Å². The Morgan fingerprint density at radius 2 is 1.56 bits per heavy atom. The highest BCUT2D eigenvalue weighted by Crippen LogP contribution is 2.09. The van der Waals surface area contributed by atoms with E-state index >= 15 is 0 Å². The summed E-state index contributed by atoms with van der Waals surface area (Å²) in [6, 6.07) is 10.2. The van der Waals surface area contributed by atoms with Gasteiger partial charge in [-0.15, -0.1) is 10.2 Å². The number of pyridine rings is 1. The van der Waals surface area contributed by atoms with Crippen LogP contribution in [0.4, 0.5) is 0 Å². The summed E-state index contributed by atoms with van der Waals surface area (Å²) in [7, 11) is 0. The zero-order valence-corrected chi connectivity index (χ0v) is 20.6. The molecule has 3 heterocycles. The first-order chi connectivity index (χ1) is 17.5. The van der Waals surface area contributed by atoms with E-state index in [1.807, 2.05) is 38.1 Å². The number of carbonyl (C=O) groups is 2. The van der Waals surface area contributed by atoms with Gasteiger partial charge in [-0.1, -0.05) is 46.3 Å². The van der Waals surface area contributed by atoms with Crippen LogP contribution in [0.15, 0.2) is 55.1 Å². The summed E-state index contributed by atoms with van der Waals surface area (Å²) >= 11 is 0. The van der Waals surface area contributed by atoms with Crippen LogP contribution in [0, 0.1) is 13.8 Å². The third-order valence-corrected chi connectivity index (χ3v) is 5.73. The first kappa shape index (κ1) is 24.9. The van der Waals surface area contributed by atoms with Crippen LogP contribution >= 0.6 is 0 Å². The molecule has 186 valence electrons. The quantitative estimate of drug-likeness (QED) is 0.241. The molecule has 4 aromatic rings. The van der Waals surface area contributed by atoms with Crippen molar-refractivity contribution in [3.05, 3.63) is 88.8 Å². The Bertz CT molecular complexity index is 1220. The monoisotopic (exact) mass is 486 g/mol. The molecule has 1 N–H and O–H groups in total. The fourth-order valence-corrected chi connectivity index (χ4v) is 3.84. The first-order valence-electron chi connectivity index (χ1n) is 12.0. The maximum atomic E-state index is 12.5. The zero-order chi connectivity index (χ0) is 25.3. The number of aromatic nitrogens is 7. The van der Waals surface area contributed by atoms with Gasteiger partial charge in [0.25, 0.3) is 5.91 Å². The van der Waals surface area contributed by atoms with Crippen molar-refractivity contribution in [2.45, 2.75) is 59.2 Å². The number of carbonyl (C=O) groups excluding carboxylic acids is 2. The molecule has 3 aromatic heterocycles. The van der Waals surface area contributed by atoms with E-state index in [0.29, 0.717) is 38.2 Å². The molecule has 0 saturated heterocycles. The molecule has 1 aromatic carbocycles. The van der Waals surface area contributed by atoms with Gasteiger partial charge in [0.2, 0.25) is 0 Å². The summed E-state index contributed by atoms with van der Waals surface area (Å²) in [6.45, 7) is 5.65. The molecule has 0 spiro atoms. The molecule has 0 unspecified atom stereocenters. The van der Waals surface area contributed by atoms with Gasteiger partial charge in [0.05, 0.1) is 12.4 Å². The van der Waals surface area contributed by atoms with E-state index in [1.165, 1.54) is 5.56 Å². The predicted molar refractivity (Wildman–Crippen MR) is 133 cm³/mol. The lowest BCUT2D eigenvalue weighted by molar-refractivity contribution is 0.0944. The highest BCUT2D eigenvalue weighted by Gasteiger charge is 2.12. The fourth-order valence-electron chi connectivity index (χ4n) is 3.84. The molecule has 4 rings (SSSR count). The molecule has 36 heavy (non-hydrogen) atoms. The molecular formula is C26H30N8O2. The Morgan fingerprint density at radius 3 is 2.28 bits per heavy atom. The largest absolute Gasteiger partial charge is 0.346 e. The maximum absolute atomic E-state index is 12.5. The van der Waals surface area contributed by atoms with Crippen LogP contribution in [0.25, 0.3) is 0 Å². The Morgan fingerprint density at radius 1 is 0.861 bits per heavy atom. The Hall–Kier alpha value is -4.21. The lowest BCUT2D eigenvalue weighted by atomic mass is 10.0. The number of benzene rings is 1. The fraction of sp³-hybridized carbons (Fsp3) is 0.346. The normalized spacial score (nSPS) is 10.9. The Balaban J connectivity index is 1.16. The molecule has 0 bridgehead atoms. The van der Waals surface area contributed by atoms with Crippen LogP contribution in [0.5, 0.6) is 0 Å². The van der Waals surface area contributed by atoms with Crippen molar-refractivity contribution >= 4 is 11.7 Å². The number of nitrogens with one attached hydrogen (secondary N) is 1. The SMILES string of the molecule is Cc1cccc(CCC(=O)c2cn(CCCCn3cc(C(=O)NCc4cncc(C)c4)nn3)nn2)c1. The summed E-state index contributed by atoms with van der Waals surface area (Å²) in [5.41, 5.74) is 4.98. The number of nitrogens with zero attached hydrogens (tertiary/aromatic N) is 7. The third-order valence-electron chi connectivity index (χ3n) is 5.73. The van der Waals surface area contributed by atoms with Crippen LogP contribution in [-0.4, -0.2) is 46.7 Å². The summed E-state index contributed by atoms with van der Waals surface area (Å²) in [6.07, 6.45) is 9.58. The molecule has 0 radical (unpaired) electrons. The van der Waals surface area contributed by atoms with Crippen LogP contribution in [-0.2, 0) is 26.1 Å². The Labute approximate surface area is 209 Å². The van der Waals surface area contributed by atoms with Crippen LogP contribution in [0.2, 0.25) is 0 Å². The maximum Gasteiger partial charge on any atom is 0.273 e. The lowest BCUT2D eigenvalue weighted by Gasteiger charge is -2.03. The second kappa shape index (κ2) is 12.0. The van der Waals surface area contributed by atoms with Crippen LogP contribution < -0.4 is 5.32 Å². The third kappa shape index (κ3) is 7.14. The second-order valence-electron chi connectivity index (χ2n) is 8.91. The minimum absolute atomic E-state index is 0.00478. The zero-order valence-electron chi connectivity index (χ0n) is 20.6. The van der Waals surface area contributed by atoms with Crippen molar-refractivity contribution in [1.82, 2.24) is 40.3 Å². The van der Waals surface area contributed by atoms with Gasteiger partial charge >= 0.3 is 0 Å². The van der Waals surface area contributed by atoms with Gasteiger partial charge in [-0.25, -0.2) is 0 Å². The smallest absolute Gasteiger partial charge is 0.273 e. The molecule has 0 aliphatic heterocycles. The van der Waals surface area contributed by atoms with Gasteiger partial charge in [0.1, 0.15) is 5.69 Å². The number of hydrogen-bond acceptors (Lipinski definition) is 7. The van der Waals surface area contributed by atoms with Gasteiger partial charge in [0, 0.05) is 38.4 Å². The number of ketones is 1. The van der Waals surface area contributed by atoms with E-state index in [0.717, 1.165) is 29.5 Å². The number of amides is 1. The van der Waals surface area contributed by atoms with E-state index in [-0.39, 0.29) is 17.4 Å². The number of unbranched alkanes of at least 4 members (excludes halogenated alkanes) is 1. The molecule has 0 aliphatic carbocycles. The number of rotatable bonds is 12. The Kier molecular flexibility index (Phi) is 8.28. The predicted octanol–water partition coefficient (Wildman–Crippen LogP) is 3.11. The van der Waals surface area contributed by atoms with Crippen molar-refractivity contribution in [3.8, 4) is 0 Å². The average Bonchev–Trinajstić information content (AvgIpc) is 3.54. The minimum Gasteiger partial charge on any atom is -0.346 e. The molecule has 10 nitrogen and oxygen atoms in total. The highest BCUT2D eigenvalue weighted by atomic mass is 16.2. The average molecular weight is 487 g/mol. The van der Waals surface area contributed by atoms with Crippen molar-refractivity contribution in [1.29, 1.82) is 0 Å². The van der Waals surface area contributed by atoms with Gasteiger partial charge in [-0.2, -0.15) is 0 Å². The lowest BCUT2D eigenvalue weighted by Crippen LogP contribution is -2.23. The number of hydrogen-bond donors (Lipinski definition) is 1. The molecule has 10 heteroatoms. The number of Topliss-reactive ketones (excluding diaryl/α,β-unsaturated/α-hetero) is 1. The molecule has 0 fully saturated rings. The van der Waals surface area contributed by atoms with E-state index < -0.39 is 0 Å². The van der Waals surface area contributed by atoms with Gasteiger partial charge in [-0.3, -0.25) is 23.9 Å². The topological polar surface area (TPSA) is 120 Å². The molecule has 0 atom stereocenters. The first-order valence-corrected chi connectivity index (χ1v) is 12.0. The van der Waals surface area contributed by atoms with Crippen LogP contribution in [0.1, 0.15) is 62.5 Å². The molecule has 0 aliphatic rings. The summed E-state index contributed by atoms with van der Waals surface area (Å²) in [5, 5.41) is 19.0. The van der Waals surface area contributed by atoms with E-state index in [1.54, 1.807) is 34.2 Å². The van der Waals surface area contributed by atoms with Crippen molar-refractivity contribution in [3.63, 3.8) is 0 Å². The number of aryl methyl sites for hydroxylation is 5. The highest BCUT2D eigenvalue weighted by molar-refractivity contribution is 5.94. The summed E-state index contributed by atoms with van der Waals surface area (Å²) < 4.78 is 3.35. The molecule has 0 saturated carbocycles. The van der Waals surface area contributed by atoms with Crippen LogP contribution in [0.3, 0.4) is 0 Å². The summed E-state index contributed by atoms with van der Waals surface area (Å²) in [5.74, 6) is -0.278. The van der Waals surface area contributed by atoms with E-state index in [9.17, 15) is 9.59 Å². The molecular weight excluding hydrogens is 456 g/mol. The summed E-state index contributed by atoms with van der Waals surface area (Å²) in [4.78, 5) is 28.9. The van der Waals surface area contributed by atoms with Crippen molar-refractivity contribution in [2.75, 3.05) is 0 Å². The molecule has 1 amide bonds. The van der Waals surface area contributed by atoms with Crippen molar-refractivity contribution in [2.24, 2.45) is 0 Å². The van der Waals surface area contributed by atoms with Gasteiger partial charge in [-0.05, 0) is 49.8 Å². The van der Waals surface area contributed by atoms with Crippen molar-refractivity contribution < 1.29 is 9.59 Å². The van der Waals surface area contributed by atoms with E-state index in [2.05, 4.69) is 37.0 Å². The van der Waals surface area contributed by atoms with Gasteiger partial charge < -0.3 is 5.32 Å². The van der Waals surface area contributed by atoms with E-state index in [4.69, 9.17) is 0 Å². The second-order valence-corrected chi connectivity index (χ2v) is 8.91. The standard InChI is InChI=1S/C26H30N8O2/c1-19-6-5-7-21(12-19)8-9-25(35)23-17-33(31-29-23)10-3-4-11-34-18-24(30-32-34)26(36)28-16-22-13-20(2)14-27-15-22/h5-7,12-15,17-18H,3-4,8-11,16H2,1-2H3,(H,28,36).